The van der Waals surface area contributed by atoms with E-state index in [1.807, 2.05) is 4.90 Å². The maximum absolute atomic E-state index is 13.8. The van der Waals surface area contributed by atoms with Gasteiger partial charge < -0.3 is 9.47 Å². The van der Waals surface area contributed by atoms with E-state index < -0.39 is 0 Å². The van der Waals surface area contributed by atoms with Gasteiger partial charge in [-0.25, -0.2) is 4.39 Å². The number of aromatic nitrogens is 1. The van der Waals surface area contributed by atoms with Crippen molar-refractivity contribution in [1.82, 2.24) is 9.47 Å². The van der Waals surface area contributed by atoms with Crippen molar-refractivity contribution in [1.29, 1.82) is 0 Å². The number of nitrogens with zero attached hydrogens (tertiary/aromatic N) is 3. The van der Waals surface area contributed by atoms with Gasteiger partial charge in [0.15, 0.2) is 3.95 Å². The summed E-state index contributed by atoms with van der Waals surface area (Å²) in [4.78, 5) is 31.8. The van der Waals surface area contributed by atoms with Crippen LogP contribution in [0.1, 0.15) is 64.3 Å². The van der Waals surface area contributed by atoms with Gasteiger partial charge in [-0.1, -0.05) is 31.9 Å². The van der Waals surface area contributed by atoms with E-state index in [-0.39, 0.29) is 42.2 Å². The number of hydrogen-bond donors (Lipinski definition) is 0. The first-order valence-electron chi connectivity index (χ1n) is 12.1. The molecule has 3 heterocycles. The van der Waals surface area contributed by atoms with Crippen LogP contribution in [0.5, 0.6) is 0 Å². The van der Waals surface area contributed by atoms with Gasteiger partial charge >= 0.3 is 0 Å². The van der Waals surface area contributed by atoms with Crippen LogP contribution in [0, 0.1) is 15.7 Å². The van der Waals surface area contributed by atoms with Crippen molar-refractivity contribution in [3.63, 3.8) is 0 Å². The molecule has 2 aromatic rings. The molecule has 0 bridgehead atoms. The number of carbonyl (C=O) groups is 2. The van der Waals surface area contributed by atoms with Crippen molar-refractivity contribution in [2.75, 3.05) is 18.0 Å². The van der Waals surface area contributed by atoms with Gasteiger partial charge in [0, 0.05) is 18.6 Å². The Bertz CT molecular complexity index is 1110. The Morgan fingerprint density at radius 2 is 1.85 bits per heavy atom. The molecule has 3 atom stereocenters. The Morgan fingerprint density at radius 1 is 1.12 bits per heavy atom. The molecule has 8 heteroatoms. The van der Waals surface area contributed by atoms with E-state index >= 15 is 0 Å². The predicted octanol–water partition coefficient (Wildman–Crippen LogP) is 5.95. The molecule has 5 rings (SSSR count). The van der Waals surface area contributed by atoms with Crippen molar-refractivity contribution >= 4 is 41.2 Å². The molecule has 2 amide bonds. The number of likely N-dealkylation sites (tertiary alicyclic amines) is 1. The zero-order chi connectivity index (χ0) is 23.1. The molecule has 1 aromatic carbocycles. The number of amides is 2. The lowest BCUT2D eigenvalue weighted by Crippen LogP contribution is -2.53. The van der Waals surface area contributed by atoms with E-state index in [0.29, 0.717) is 0 Å². The van der Waals surface area contributed by atoms with Crippen LogP contribution in [0.3, 0.4) is 0 Å². The average Bonchev–Trinajstić information content (AvgIpc) is 3.19. The minimum atomic E-state index is -0.304. The molecule has 5 nitrogen and oxygen atoms in total. The highest BCUT2D eigenvalue weighted by atomic mass is 32.1. The first kappa shape index (κ1) is 22.7. The standard InChI is InChI=1S/C25H30FN3O2S2/c1-2-18-7-5-6-14-27(18)21(30)15-28-23-22(16-10-12-17(26)13-11-16)33-25(32)29(23)20-9-4-3-8-19(20)24(28)31/h10-13,18-20H,2-9,14-15H2,1H3. The molecule has 33 heavy (non-hydrogen) atoms. The summed E-state index contributed by atoms with van der Waals surface area (Å²) in [6.45, 7) is 2.92. The molecular formula is C25H30FN3O2S2. The quantitative estimate of drug-likeness (QED) is 0.500. The normalized spacial score (nSPS) is 25.0. The number of thiazole rings is 1. The zero-order valence-corrected chi connectivity index (χ0v) is 20.6. The molecule has 0 N–H and O–H groups in total. The van der Waals surface area contributed by atoms with Crippen LogP contribution in [0.25, 0.3) is 10.4 Å². The van der Waals surface area contributed by atoms with Gasteiger partial charge in [-0.3, -0.25) is 14.5 Å². The first-order valence-corrected chi connectivity index (χ1v) is 13.3. The topological polar surface area (TPSA) is 45.6 Å². The summed E-state index contributed by atoms with van der Waals surface area (Å²) in [5.41, 5.74) is 0.824. The summed E-state index contributed by atoms with van der Waals surface area (Å²) in [5, 5.41) is 0. The van der Waals surface area contributed by atoms with Crippen molar-refractivity contribution in [2.45, 2.75) is 70.4 Å². The van der Waals surface area contributed by atoms with Crippen LogP contribution in [-0.4, -0.2) is 40.4 Å². The Labute approximate surface area is 203 Å². The first-order chi connectivity index (χ1) is 16.0. The Morgan fingerprint density at radius 3 is 2.61 bits per heavy atom. The third-order valence-corrected chi connectivity index (χ3v) is 8.98. The number of rotatable bonds is 4. The molecule has 0 spiro atoms. The van der Waals surface area contributed by atoms with Gasteiger partial charge in [-0.05, 0) is 68.4 Å². The average molecular weight is 488 g/mol. The summed E-state index contributed by atoms with van der Waals surface area (Å²) in [6, 6.07) is 6.60. The molecule has 1 aliphatic carbocycles. The van der Waals surface area contributed by atoms with E-state index in [0.717, 1.165) is 78.1 Å². The van der Waals surface area contributed by atoms with Crippen LogP contribution in [0.4, 0.5) is 10.2 Å². The maximum atomic E-state index is 13.8. The van der Waals surface area contributed by atoms with E-state index in [1.165, 1.54) is 23.5 Å². The number of fused-ring (bicyclic) bond motifs is 3. The number of hydrogen-bond acceptors (Lipinski definition) is 4. The second kappa shape index (κ2) is 9.29. The van der Waals surface area contributed by atoms with Crippen LogP contribution < -0.4 is 4.90 Å². The Kier molecular flexibility index (Phi) is 6.40. The third-order valence-electron chi connectivity index (χ3n) is 7.54. The Balaban J connectivity index is 1.58. The van der Waals surface area contributed by atoms with Crippen molar-refractivity contribution in [3.05, 3.63) is 34.0 Å². The van der Waals surface area contributed by atoms with Crippen molar-refractivity contribution in [2.24, 2.45) is 5.92 Å². The summed E-state index contributed by atoms with van der Waals surface area (Å²) in [7, 11) is 0. The maximum Gasteiger partial charge on any atom is 0.242 e. The minimum Gasteiger partial charge on any atom is -0.338 e. The molecule has 2 fully saturated rings. The fourth-order valence-corrected chi connectivity index (χ4v) is 7.38. The highest BCUT2D eigenvalue weighted by Crippen LogP contribution is 2.48. The summed E-state index contributed by atoms with van der Waals surface area (Å²) in [5.74, 6) is 0.335. The molecule has 1 saturated carbocycles. The smallest absolute Gasteiger partial charge is 0.242 e. The second-order valence-electron chi connectivity index (χ2n) is 9.43. The minimum absolute atomic E-state index is 0.0119. The van der Waals surface area contributed by atoms with Gasteiger partial charge in [-0.15, -0.1) is 11.3 Å². The number of anilines is 1. The fraction of sp³-hybridized carbons (Fsp3) is 0.560. The van der Waals surface area contributed by atoms with Gasteiger partial charge in [0.1, 0.15) is 18.2 Å². The molecule has 1 aromatic heterocycles. The van der Waals surface area contributed by atoms with E-state index in [4.69, 9.17) is 12.2 Å². The van der Waals surface area contributed by atoms with Crippen LogP contribution >= 0.6 is 23.6 Å². The summed E-state index contributed by atoms with van der Waals surface area (Å²) < 4.78 is 16.5. The van der Waals surface area contributed by atoms with Crippen molar-refractivity contribution < 1.29 is 14.0 Å². The SMILES string of the molecule is CCC1CCCCN1C(=O)CN1C(=O)C2CCCCC2n2c1c(-c1ccc(F)cc1)sc2=S. The highest BCUT2D eigenvalue weighted by Gasteiger charge is 2.44. The van der Waals surface area contributed by atoms with Crippen LogP contribution in [0.15, 0.2) is 24.3 Å². The van der Waals surface area contributed by atoms with E-state index in [9.17, 15) is 14.0 Å². The summed E-state index contributed by atoms with van der Waals surface area (Å²) >= 11 is 7.25. The molecule has 3 aliphatic rings. The monoisotopic (exact) mass is 487 g/mol. The Hall–Kier alpha value is -2.06. The van der Waals surface area contributed by atoms with Gasteiger partial charge in [0.25, 0.3) is 0 Å². The summed E-state index contributed by atoms with van der Waals surface area (Å²) in [6.07, 6.45) is 7.96. The molecular weight excluding hydrogens is 457 g/mol. The van der Waals surface area contributed by atoms with E-state index in [2.05, 4.69) is 11.5 Å². The van der Waals surface area contributed by atoms with Gasteiger partial charge in [0.05, 0.1) is 10.8 Å². The van der Waals surface area contributed by atoms with Gasteiger partial charge in [-0.2, -0.15) is 0 Å². The van der Waals surface area contributed by atoms with Crippen molar-refractivity contribution in [3.8, 4) is 10.4 Å². The second-order valence-corrected chi connectivity index (χ2v) is 11.1. The molecule has 3 unspecified atom stereocenters. The number of carbonyl (C=O) groups excluding carboxylic acids is 2. The third kappa shape index (κ3) is 4.05. The number of piperidine rings is 1. The van der Waals surface area contributed by atoms with Crippen LogP contribution in [-0.2, 0) is 9.59 Å². The molecule has 1 saturated heterocycles. The van der Waals surface area contributed by atoms with Crippen LogP contribution in [0.2, 0.25) is 0 Å². The lowest BCUT2D eigenvalue weighted by molar-refractivity contribution is -0.136. The molecule has 2 aliphatic heterocycles. The number of benzene rings is 1. The molecule has 0 radical (unpaired) electrons. The highest BCUT2D eigenvalue weighted by molar-refractivity contribution is 7.73. The largest absolute Gasteiger partial charge is 0.338 e. The lowest BCUT2D eigenvalue weighted by Gasteiger charge is -2.43. The zero-order valence-electron chi connectivity index (χ0n) is 19.0. The van der Waals surface area contributed by atoms with E-state index in [1.54, 1.807) is 17.0 Å². The predicted molar refractivity (Wildman–Crippen MR) is 132 cm³/mol. The molecule has 176 valence electrons. The number of halogens is 1. The lowest BCUT2D eigenvalue weighted by atomic mass is 9.82. The fourth-order valence-electron chi connectivity index (χ4n) is 5.86. The van der Waals surface area contributed by atoms with Gasteiger partial charge in [0.2, 0.25) is 11.8 Å².